The van der Waals surface area contributed by atoms with E-state index in [0.29, 0.717) is 11.6 Å². The van der Waals surface area contributed by atoms with Gasteiger partial charge in [0.25, 0.3) is 0 Å². The SMILES string of the molecule is CCN(CC)[C@@H](CNc1ccc(C#N)cn1)c1ccccc1. The fourth-order valence-electron chi connectivity index (χ4n) is 2.56. The molecule has 0 aliphatic rings. The summed E-state index contributed by atoms with van der Waals surface area (Å²) in [6.07, 6.45) is 1.59. The predicted octanol–water partition coefficient (Wildman–Crippen LogP) is 3.45. The molecule has 0 saturated carbocycles. The number of nitriles is 1. The largest absolute Gasteiger partial charge is 0.368 e. The molecule has 0 spiro atoms. The first kappa shape index (κ1) is 16.0. The Kier molecular flexibility index (Phi) is 5.93. The Bertz CT molecular complexity index is 597. The highest BCUT2D eigenvalue weighted by atomic mass is 15.2. The fourth-order valence-corrected chi connectivity index (χ4v) is 2.56. The number of nitrogens with one attached hydrogen (secondary N) is 1. The number of anilines is 1. The quantitative estimate of drug-likeness (QED) is 0.850. The highest BCUT2D eigenvalue weighted by Gasteiger charge is 2.17. The summed E-state index contributed by atoms with van der Waals surface area (Å²) < 4.78 is 0. The molecular formula is C18H22N4. The Balaban J connectivity index is 2.11. The van der Waals surface area contributed by atoms with E-state index < -0.39 is 0 Å². The standard InChI is InChI=1S/C18H22N4/c1-3-22(4-2)17(16-8-6-5-7-9-16)14-21-18-11-10-15(12-19)13-20-18/h5-11,13,17H,3-4,14H2,1-2H3,(H,20,21)/t17-/m0/s1. The smallest absolute Gasteiger partial charge is 0.126 e. The molecule has 0 fully saturated rings. The molecule has 2 rings (SSSR count). The average Bonchev–Trinajstić information content (AvgIpc) is 2.60. The number of nitrogens with zero attached hydrogens (tertiary/aromatic N) is 3. The van der Waals surface area contributed by atoms with E-state index in [1.165, 1.54) is 5.56 Å². The summed E-state index contributed by atoms with van der Waals surface area (Å²) >= 11 is 0. The molecule has 1 aromatic carbocycles. The molecule has 0 aliphatic heterocycles. The minimum Gasteiger partial charge on any atom is -0.368 e. The van der Waals surface area contributed by atoms with Crippen molar-refractivity contribution in [1.29, 1.82) is 5.26 Å². The van der Waals surface area contributed by atoms with Crippen LogP contribution < -0.4 is 5.32 Å². The number of pyridine rings is 1. The van der Waals surface area contributed by atoms with Gasteiger partial charge in [0.15, 0.2) is 0 Å². The molecule has 4 nitrogen and oxygen atoms in total. The van der Waals surface area contributed by atoms with Crippen LogP contribution >= 0.6 is 0 Å². The fraction of sp³-hybridized carbons (Fsp3) is 0.333. The monoisotopic (exact) mass is 294 g/mol. The van der Waals surface area contributed by atoms with Gasteiger partial charge in [0.2, 0.25) is 0 Å². The van der Waals surface area contributed by atoms with Crippen LogP contribution in [-0.2, 0) is 0 Å². The Labute approximate surface area is 132 Å². The van der Waals surface area contributed by atoms with Crippen LogP contribution in [0.5, 0.6) is 0 Å². The number of aromatic nitrogens is 1. The summed E-state index contributed by atoms with van der Waals surface area (Å²) in [4.78, 5) is 6.70. The maximum absolute atomic E-state index is 8.81. The first-order valence-corrected chi connectivity index (χ1v) is 7.67. The lowest BCUT2D eigenvalue weighted by Crippen LogP contribution is -2.33. The topological polar surface area (TPSA) is 52.0 Å². The lowest BCUT2D eigenvalue weighted by molar-refractivity contribution is 0.228. The summed E-state index contributed by atoms with van der Waals surface area (Å²) in [6, 6.07) is 16.5. The third kappa shape index (κ3) is 4.06. The van der Waals surface area contributed by atoms with Gasteiger partial charge in [-0.2, -0.15) is 5.26 Å². The van der Waals surface area contributed by atoms with Crippen LogP contribution in [0.2, 0.25) is 0 Å². The molecule has 114 valence electrons. The van der Waals surface area contributed by atoms with Crippen molar-refractivity contribution in [3.05, 3.63) is 59.8 Å². The number of hydrogen-bond donors (Lipinski definition) is 1. The lowest BCUT2D eigenvalue weighted by atomic mass is 10.1. The maximum atomic E-state index is 8.81. The second-order valence-corrected chi connectivity index (χ2v) is 5.07. The van der Waals surface area contributed by atoms with E-state index in [-0.39, 0.29) is 0 Å². The summed E-state index contributed by atoms with van der Waals surface area (Å²) in [7, 11) is 0. The molecule has 0 amide bonds. The first-order chi connectivity index (χ1) is 10.8. The zero-order chi connectivity index (χ0) is 15.8. The Morgan fingerprint density at radius 2 is 1.86 bits per heavy atom. The van der Waals surface area contributed by atoms with E-state index in [4.69, 9.17) is 5.26 Å². The van der Waals surface area contributed by atoms with E-state index >= 15 is 0 Å². The molecule has 1 heterocycles. The molecule has 1 atom stereocenters. The highest BCUT2D eigenvalue weighted by molar-refractivity contribution is 5.39. The van der Waals surface area contributed by atoms with E-state index in [1.807, 2.05) is 12.1 Å². The Morgan fingerprint density at radius 3 is 2.41 bits per heavy atom. The normalized spacial score (nSPS) is 11.9. The van der Waals surface area contributed by atoms with Crippen molar-refractivity contribution in [2.24, 2.45) is 0 Å². The van der Waals surface area contributed by atoms with Crippen LogP contribution in [0.25, 0.3) is 0 Å². The van der Waals surface area contributed by atoms with Crippen molar-refractivity contribution in [2.75, 3.05) is 25.0 Å². The summed E-state index contributed by atoms with van der Waals surface area (Å²) in [5.74, 6) is 0.798. The van der Waals surface area contributed by atoms with Crippen LogP contribution in [0.4, 0.5) is 5.82 Å². The average molecular weight is 294 g/mol. The predicted molar refractivity (Wildman–Crippen MR) is 89.5 cm³/mol. The van der Waals surface area contributed by atoms with Gasteiger partial charge in [-0.05, 0) is 30.8 Å². The second-order valence-electron chi connectivity index (χ2n) is 5.07. The molecule has 0 saturated heterocycles. The Morgan fingerprint density at radius 1 is 1.14 bits per heavy atom. The molecule has 0 bridgehead atoms. The molecule has 0 radical (unpaired) electrons. The Hall–Kier alpha value is -2.38. The van der Waals surface area contributed by atoms with Gasteiger partial charge in [-0.3, -0.25) is 4.90 Å². The molecule has 0 unspecified atom stereocenters. The van der Waals surface area contributed by atoms with E-state index in [1.54, 1.807) is 12.3 Å². The third-order valence-electron chi connectivity index (χ3n) is 3.81. The summed E-state index contributed by atoms with van der Waals surface area (Å²) in [5.41, 5.74) is 1.88. The van der Waals surface area contributed by atoms with Crippen molar-refractivity contribution in [3.8, 4) is 6.07 Å². The molecule has 22 heavy (non-hydrogen) atoms. The summed E-state index contributed by atoms with van der Waals surface area (Å²) in [5, 5.41) is 12.2. The lowest BCUT2D eigenvalue weighted by Gasteiger charge is -2.30. The molecule has 1 aromatic heterocycles. The van der Waals surface area contributed by atoms with Crippen LogP contribution in [0.15, 0.2) is 48.7 Å². The van der Waals surface area contributed by atoms with E-state index in [2.05, 4.69) is 59.4 Å². The molecule has 2 aromatic rings. The number of rotatable bonds is 7. The van der Waals surface area contributed by atoms with E-state index in [0.717, 1.165) is 25.5 Å². The van der Waals surface area contributed by atoms with E-state index in [9.17, 15) is 0 Å². The van der Waals surface area contributed by atoms with Crippen molar-refractivity contribution in [1.82, 2.24) is 9.88 Å². The first-order valence-electron chi connectivity index (χ1n) is 7.67. The van der Waals surface area contributed by atoms with Crippen molar-refractivity contribution in [2.45, 2.75) is 19.9 Å². The maximum Gasteiger partial charge on any atom is 0.126 e. The molecule has 4 heteroatoms. The highest BCUT2D eigenvalue weighted by Crippen LogP contribution is 2.20. The van der Waals surface area contributed by atoms with Gasteiger partial charge in [0, 0.05) is 12.7 Å². The third-order valence-corrected chi connectivity index (χ3v) is 3.81. The van der Waals surface area contributed by atoms with Crippen LogP contribution in [0, 0.1) is 11.3 Å². The van der Waals surface area contributed by atoms with Crippen LogP contribution in [0.3, 0.4) is 0 Å². The second kappa shape index (κ2) is 8.16. The van der Waals surface area contributed by atoms with Crippen LogP contribution in [0.1, 0.15) is 31.0 Å². The van der Waals surface area contributed by atoms with Gasteiger partial charge in [-0.15, -0.1) is 0 Å². The number of likely N-dealkylation sites (N-methyl/N-ethyl adjacent to an activating group) is 1. The van der Waals surface area contributed by atoms with Gasteiger partial charge in [0.05, 0.1) is 11.6 Å². The van der Waals surface area contributed by atoms with Gasteiger partial charge in [-0.25, -0.2) is 4.98 Å². The zero-order valence-corrected chi connectivity index (χ0v) is 13.2. The molecule has 0 aliphatic carbocycles. The molecular weight excluding hydrogens is 272 g/mol. The molecule has 1 N–H and O–H groups in total. The minimum absolute atomic E-state index is 0.300. The minimum atomic E-state index is 0.300. The van der Waals surface area contributed by atoms with Crippen LogP contribution in [-0.4, -0.2) is 29.5 Å². The summed E-state index contributed by atoms with van der Waals surface area (Å²) in [6.45, 7) is 7.14. The van der Waals surface area contributed by atoms with Crippen molar-refractivity contribution < 1.29 is 0 Å². The van der Waals surface area contributed by atoms with Crippen molar-refractivity contribution in [3.63, 3.8) is 0 Å². The number of hydrogen-bond acceptors (Lipinski definition) is 4. The van der Waals surface area contributed by atoms with Crippen molar-refractivity contribution >= 4 is 5.82 Å². The zero-order valence-electron chi connectivity index (χ0n) is 13.2. The van der Waals surface area contributed by atoms with Gasteiger partial charge >= 0.3 is 0 Å². The van der Waals surface area contributed by atoms with Gasteiger partial charge < -0.3 is 5.32 Å². The van der Waals surface area contributed by atoms with Gasteiger partial charge in [-0.1, -0.05) is 44.2 Å². The van der Waals surface area contributed by atoms with Gasteiger partial charge in [0.1, 0.15) is 11.9 Å². The number of benzene rings is 1.